The van der Waals surface area contributed by atoms with Crippen molar-refractivity contribution in [1.82, 2.24) is 9.78 Å². The lowest BCUT2D eigenvalue weighted by Gasteiger charge is -2.05. The summed E-state index contributed by atoms with van der Waals surface area (Å²) >= 11 is 6.03. The first-order valence-electron chi connectivity index (χ1n) is 4.52. The van der Waals surface area contributed by atoms with Crippen molar-refractivity contribution in [3.63, 3.8) is 0 Å². The molecule has 0 amide bonds. The van der Waals surface area contributed by atoms with E-state index >= 15 is 0 Å². The van der Waals surface area contributed by atoms with E-state index in [0.717, 1.165) is 11.4 Å². The average molecular weight is 222 g/mol. The first-order valence-corrected chi connectivity index (χ1v) is 4.90. The van der Waals surface area contributed by atoms with Crippen molar-refractivity contribution in [2.75, 3.05) is 0 Å². The van der Waals surface area contributed by atoms with E-state index in [-0.39, 0.29) is 5.75 Å². The Bertz CT molecular complexity index is 505. The SMILES string of the molecule is Cc1nn(-c2cc[c]cc2O)c(C)c1Cl. The molecule has 3 nitrogen and oxygen atoms in total. The van der Waals surface area contributed by atoms with Gasteiger partial charge in [-0.05, 0) is 32.0 Å². The zero-order chi connectivity index (χ0) is 11.0. The van der Waals surface area contributed by atoms with Crippen molar-refractivity contribution in [1.29, 1.82) is 0 Å². The summed E-state index contributed by atoms with van der Waals surface area (Å²) in [6, 6.07) is 7.75. The fourth-order valence-corrected chi connectivity index (χ4v) is 1.57. The summed E-state index contributed by atoms with van der Waals surface area (Å²) in [6.45, 7) is 3.69. The molecule has 77 valence electrons. The summed E-state index contributed by atoms with van der Waals surface area (Å²) in [4.78, 5) is 0. The van der Waals surface area contributed by atoms with Crippen LogP contribution in [0.15, 0.2) is 18.2 Å². The Balaban J connectivity index is 2.65. The van der Waals surface area contributed by atoms with Gasteiger partial charge >= 0.3 is 0 Å². The summed E-state index contributed by atoms with van der Waals surface area (Å²) in [7, 11) is 0. The van der Waals surface area contributed by atoms with Crippen LogP contribution >= 0.6 is 11.6 Å². The predicted octanol–water partition coefficient (Wildman–Crippen LogP) is 2.65. The summed E-state index contributed by atoms with van der Waals surface area (Å²) < 4.78 is 1.63. The third-order valence-corrected chi connectivity index (χ3v) is 2.80. The van der Waals surface area contributed by atoms with E-state index in [1.165, 1.54) is 6.07 Å². The summed E-state index contributed by atoms with van der Waals surface area (Å²) in [6.07, 6.45) is 0. The van der Waals surface area contributed by atoms with Crippen LogP contribution in [0.3, 0.4) is 0 Å². The van der Waals surface area contributed by atoms with Gasteiger partial charge in [0.15, 0.2) is 0 Å². The normalized spacial score (nSPS) is 10.6. The van der Waals surface area contributed by atoms with Crippen LogP contribution in [-0.4, -0.2) is 14.9 Å². The van der Waals surface area contributed by atoms with Crippen molar-refractivity contribution in [2.45, 2.75) is 13.8 Å². The highest BCUT2D eigenvalue weighted by Gasteiger charge is 2.12. The van der Waals surface area contributed by atoms with Crippen LogP contribution in [0.2, 0.25) is 5.02 Å². The van der Waals surface area contributed by atoms with Gasteiger partial charge in [-0.1, -0.05) is 17.7 Å². The number of aromatic nitrogens is 2. The largest absolute Gasteiger partial charge is 0.506 e. The number of halogens is 1. The van der Waals surface area contributed by atoms with Crippen molar-refractivity contribution in [3.8, 4) is 11.4 Å². The van der Waals surface area contributed by atoms with Crippen molar-refractivity contribution >= 4 is 11.6 Å². The highest BCUT2D eigenvalue weighted by Crippen LogP contribution is 2.26. The molecule has 2 rings (SSSR count). The van der Waals surface area contributed by atoms with E-state index in [0.29, 0.717) is 10.7 Å². The van der Waals surface area contributed by atoms with E-state index in [9.17, 15) is 5.11 Å². The molecule has 1 aromatic heterocycles. The minimum absolute atomic E-state index is 0.139. The number of phenols is 1. The molecule has 0 spiro atoms. The second kappa shape index (κ2) is 3.59. The number of rotatable bonds is 1. The van der Waals surface area contributed by atoms with E-state index in [2.05, 4.69) is 11.2 Å². The van der Waals surface area contributed by atoms with Crippen molar-refractivity contribution in [2.24, 2.45) is 0 Å². The first kappa shape index (κ1) is 10.1. The van der Waals surface area contributed by atoms with Crippen LogP contribution in [0.5, 0.6) is 5.75 Å². The summed E-state index contributed by atoms with van der Waals surface area (Å²) in [5, 5.41) is 14.5. The lowest BCUT2D eigenvalue weighted by Crippen LogP contribution is -1.99. The molecular weight excluding hydrogens is 212 g/mol. The van der Waals surface area contributed by atoms with Crippen LogP contribution in [0.1, 0.15) is 11.4 Å². The molecule has 1 heterocycles. The van der Waals surface area contributed by atoms with Gasteiger partial charge < -0.3 is 5.11 Å². The van der Waals surface area contributed by atoms with Gasteiger partial charge in [0.1, 0.15) is 11.4 Å². The summed E-state index contributed by atoms with van der Waals surface area (Å²) in [5.41, 5.74) is 2.18. The maximum Gasteiger partial charge on any atom is 0.141 e. The summed E-state index contributed by atoms with van der Waals surface area (Å²) in [5.74, 6) is 0.139. The number of hydrogen-bond acceptors (Lipinski definition) is 2. The molecule has 0 saturated carbocycles. The highest BCUT2D eigenvalue weighted by molar-refractivity contribution is 6.31. The zero-order valence-corrected chi connectivity index (χ0v) is 9.21. The maximum atomic E-state index is 9.65. The molecule has 0 bridgehead atoms. The standard InChI is InChI=1S/C11H10ClN2O/c1-7-11(12)8(2)14(13-7)9-5-3-4-6-10(9)15/h3,5-6,15H,1-2H3. The minimum Gasteiger partial charge on any atom is -0.506 e. The molecule has 0 aliphatic rings. The van der Waals surface area contributed by atoms with Crippen LogP contribution in [-0.2, 0) is 0 Å². The Kier molecular flexibility index (Phi) is 2.40. The second-order valence-electron chi connectivity index (χ2n) is 3.31. The van der Waals surface area contributed by atoms with Gasteiger partial charge in [-0.25, -0.2) is 4.68 Å². The smallest absolute Gasteiger partial charge is 0.141 e. The fourth-order valence-electron chi connectivity index (χ4n) is 1.45. The van der Waals surface area contributed by atoms with Crippen LogP contribution in [0, 0.1) is 19.9 Å². The molecule has 0 fully saturated rings. The van der Waals surface area contributed by atoms with Crippen LogP contribution in [0.25, 0.3) is 5.69 Å². The molecular formula is C11H10ClN2O. The molecule has 0 aliphatic carbocycles. The lowest BCUT2D eigenvalue weighted by molar-refractivity contribution is 0.469. The van der Waals surface area contributed by atoms with Gasteiger partial charge in [0, 0.05) is 0 Å². The zero-order valence-electron chi connectivity index (χ0n) is 8.45. The van der Waals surface area contributed by atoms with Gasteiger partial charge in [-0.15, -0.1) is 0 Å². The minimum atomic E-state index is 0.139. The first-order chi connectivity index (χ1) is 7.11. The monoisotopic (exact) mass is 221 g/mol. The number of phenolic OH excluding ortho intramolecular Hbond substituents is 1. The number of benzene rings is 1. The molecule has 15 heavy (non-hydrogen) atoms. The quantitative estimate of drug-likeness (QED) is 0.804. The van der Waals surface area contributed by atoms with Crippen molar-refractivity contribution < 1.29 is 5.11 Å². The van der Waals surface area contributed by atoms with Gasteiger partial charge in [0.25, 0.3) is 0 Å². The van der Waals surface area contributed by atoms with Crippen LogP contribution < -0.4 is 0 Å². The Hall–Kier alpha value is -1.48. The molecule has 1 radical (unpaired) electrons. The third-order valence-electron chi connectivity index (χ3n) is 2.25. The Labute approximate surface area is 92.9 Å². The topological polar surface area (TPSA) is 38.0 Å². The number of aromatic hydroxyl groups is 1. The molecule has 1 aromatic carbocycles. The molecule has 0 unspecified atom stereocenters. The second-order valence-corrected chi connectivity index (χ2v) is 3.69. The molecule has 2 aromatic rings. The van der Waals surface area contributed by atoms with Gasteiger partial charge in [-0.2, -0.15) is 5.10 Å². The van der Waals surface area contributed by atoms with E-state index in [1.807, 2.05) is 13.8 Å². The highest BCUT2D eigenvalue weighted by atomic mass is 35.5. The average Bonchev–Trinajstić information content (AvgIpc) is 2.47. The molecule has 0 aliphatic heterocycles. The predicted molar refractivity (Wildman–Crippen MR) is 58.5 cm³/mol. The third kappa shape index (κ3) is 1.59. The Morgan fingerprint density at radius 2 is 2.20 bits per heavy atom. The van der Waals surface area contributed by atoms with Crippen LogP contribution in [0.4, 0.5) is 0 Å². The molecule has 1 N–H and O–H groups in total. The van der Waals surface area contributed by atoms with Gasteiger partial charge in [-0.3, -0.25) is 0 Å². The maximum absolute atomic E-state index is 9.65. The van der Waals surface area contributed by atoms with E-state index < -0.39 is 0 Å². The number of nitrogens with zero attached hydrogens (tertiary/aromatic N) is 2. The van der Waals surface area contributed by atoms with Gasteiger partial charge in [0.05, 0.1) is 16.4 Å². The molecule has 4 heteroatoms. The van der Waals surface area contributed by atoms with E-state index in [1.54, 1.807) is 16.8 Å². The fraction of sp³-hybridized carbons (Fsp3) is 0.182. The Morgan fingerprint density at radius 1 is 1.47 bits per heavy atom. The number of hydrogen-bond donors (Lipinski definition) is 1. The molecule has 0 saturated heterocycles. The van der Waals surface area contributed by atoms with E-state index in [4.69, 9.17) is 11.6 Å². The lowest BCUT2D eigenvalue weighted by atomic mass is 10.3. The van der Waals surface area contributed by atoms with Gasteiger partial charge in [0.2, 0.25) is 0 Å². The number of aryl methyl sites for hydroxylation is 1. The molecule has 0 atom stereocenters. The Morgan fingerprint density at radius 3 is 2.73 bits per heavy atom. The van der Waals surface area contributed by atoms with Crippen molar-refractivity contribution in [3.05, 3.63) is 40.7 Å².